The van der Waals surface area contributed by atoms with Crippen molar-refractivity contribution in [1.82, 2.24) is 0 Å². The number of hydrogen-bond acceptors (Lipinski definition) is 2. The van der Waals surface area contributed by atoms with Crippen molar-refractivity contribution in [1.29, 1.82) is 0 Å². The Kier molecular flexibility index (Phi) is 12.0. The van der Waals surface area contributed by atoms with Crippen LogP contribution in [0.2, 0.25) is 0 Å². The molecule has 27 heavy (non-hydrogen) atoms. The normalized spacial score (nSPS) is 12.2. The number of esters is 1. The lowest BCUT2D eigenvalue weighted by atomic mass is 10.0. The third-order valence-electron chi connectivity index (χ3n) is 5.02. The molecule has 0 N–H and O–H groups in total. The summed E-state index contributed by atoms with van der Waals surface area (Å²) in [5.74, 6) is -2.56. The van der Waals surface area contributed by atoms with E-state index in [-0.39, 0.29) is 11.7 Å². The van der Waals surface area contributed by atoms with Gasteiger partial charge in [-0.15, -0.1) is 0 Å². The molecule has 0 fully saturated rings. The fraction of sp³-hybridized carbons (Fsp3) is 0.696. The molecule has 154 valence electrons. The van der Waals surface area contributed by atoms with E-state index in [0.29, 0.717) is 0 Å². The summed E-state index contributed by atoms with van der Waals surface area (Å²) in [7, 11) is 0. The average Bonchev–Trinajstić information content (AvgIpc) is 2.65. The van der Waals surface area contributed by atoms with E-state index in [1.807, 2.05) is 0 Å². The summed E-state index contributed by atoms with van der Waals surface area (Å²) in [6, 6.07) is 2.45. The molecule has 1 aromatic carbocycles. The molecule has 0 heterocycles. The second-order valence-electron chi connectivity index (χ2n) is 7.49. The van der Waals surface area contributed by atoms with Crippen molar-refractivity contribution in [2.75, 3.05) is 0 Å². The first kappa shape index (κ1) is 23.6. The minimum absolute atomic E-state index is 0.247. The number of unbranched alkanes of at least 4 members (excludes halogenated alkanes) is 8. The van der Waals surface area contributed by atoms with Gasteiger partial charge in [-0.2, -0.15) is 0 Å². The summed E-state index contributed by atoms with van der Waals surface area (Å²) in [4.78, 5) is 12.3. The number of ether oxygens (including phenoxy) is 1. The van der Waals surface area contributed by atoms with Crippen LogP contribution in [-0.2, 0) is 4.74 Å². The van der Waals surface area contributed by atoms with Crippen LogP contribution in [-0.4, -0.2) is 12.1 Å². The van der Waals surface area contributed by atoms with E-state index < -0.39 is 23.2 Å². The van der Waals surface area contributed by atoms with Crippen molar-refractivity contribution in [3.63, 3.8) is 0 Å². The minimum Gasteiger partial charge on any atom is -0.459 e. The molecule has 0 radical (unpaired) electrons. The van der Waals surface area contributed by atoms with E-state index >= 15 is 0 Å². The predicted molar refractivity (Wildman–Crippen MR) is 107 cm³/mol. The van der Waals surface area contributed by atoms with E-state index in [0.717, 1.165) is 44.6 Å². The van der Waals surface area contributed by atoms with Gasteiger partial charge >= 0.3 is 5.97 Å². The number of benzene rings is 1. The number of aryl methyl sites for hydroxylation is 1. The summed E-state index contributed by atoms with van der Waals surface area (Å²) in [6.45, 7) is 5.81. The molecule has 0 aromatic heterocycles. The summed E-state index contributed by atoms with van der Waals surface area (Å²) in [6.07, 6.45) is 12.9. The molecule has 2 nitrogen and oxygen atoms in total. The zero-order chi connectivity index (χ0) is 20.1. The Bertz CT molecular complexity index is 558. The molecule has 1 aromatic rings. The fourth-order valence-electron chi connectivity index (χ4n) is 3.25. The third-order valence-corrected chi connectivity index (χ3v) is 5.02. The smallest absolute Gasteiger partial charge is 0.344 e. The van der Waals surface area contributed by atoms with Gasteiger partial charge in [0.1, 0.15) is 23.3 Å². The maximum Gasteiger partial charge on any atom is 0.344 e. The van der Waals surface area contributed by atoms with Gasteiger partial charge in [0.05, 0.1) is 0 Å². The number of hydrogen-bond donors (Lipinski definition) is 0. The topological polar surface area (TPSA) is 26.3 Å². The van der Waals surface area contributed by atoms with Crippen LogP contribution in [0.25, 0.3) is 0 Å². The van der Waals surface area contributed by atoms with Gasteiger partial charge in [0, 0.05) is 0 Å². The first-order valence-electron chi connectivity index (χ1n) is 10.7. The maximum atomic E-state index is 14.2. The SMILES string of the molecule is CCCCCCCCCCC(CCCC)OC(=O)c1c(F)ccc(C)c1F. The van der Waals surface area contributed by atoms with E-state index in [2.05, 4.69) is 13.8 Å². The Morgan fingerprint density at radius 3 is 2.07 bits per heavy atom. The van der Waals surface area contributed by atoms with Crippen molar-refractivity contribution >= 4 is 5.97 Å². The second-order valence-corrected chi connectivity index (χ2v) is 7.49. The lowest BCUT2D eigenvalue weighted by Gasteiger charge is -2.18. The van der Waals surface area contributed by atoms with Gasteiger partial charge in [-0.25, -0.2) is 13.6 Å². The van der Waals surface area contributed by atoms with Gasteiger partial charge < -0.3 is 4.74 Å². The molecule has 0 spiro atoms. The van der Waals surface area contributed by atoms with Crippen LogP contribution >= 0.6 is 0 Å². The van der Waals surface area contributed by atoms with E-state index in [4.69, 9.17) is 4.74 Å². The minimum atomic E-state index is -0.880. The van der Waals surface area contributed by atoms with Crippen LogP contribution in [0.3, 0.4) is 0 Å². The number of carbonyl (C=O) groups is 1. The Morgan fingerprint density at radius 1 is 0.889 bits per heavy atom. The zero-order valence-electron chi connectivity index (χ0n) is 17.3. The Balaban J connectivity index is 2.50. The molecule has 0 aliphatic heterocycles. The van der Waals surface area contributed by atoms with Gasteiger partial charge in [0.2, 0.25) is 0 Å². The molecule has 4 heteroatoms. The summed E-state index contributed by atoms with van der Waals surface area (Å²) < 4.78 is 33.6. The Hall–Kier alpha value is -1.45. The number of halogens is 2. The number of carbonyl (C=O) groups excluding carboxylic acids is 1. The Morgan fingerprint density at radius 2 is 1.44 bits per heavy atom. The molecule has 0 saturated carbocycles. The molecule has 0 bridgehead atoms. The van der Waals surface area contributed by atoms with Crippen molar-refractivity contribution < 1.29 is 18.3 Å². The van der Waals surface area contributed by atoms with Gasteiger partial charge in [0.15, 0.2) is 0 Å². The van der Waals surface area contributed by atoms with Crippen molar-refractivity contribution in [3.05, 3.63) is 34.9 Å². The van der Waals surface area contributed by atoms with Crippen molar-refractivity contribution in [3.8, 4) is 0 Å². The summed E-state index contributed by atoms with van der Waals surface area (Å²) in [5, 5.41) is 0. The van der Waals surface area contributed by atoms with Gasteiger partial charge in [-0.05, 0) is 37.8 Å². The summed E-state index contributed by atoms with van der Waals surface area (Å²) in [5.41, 5.74) is -0.316. The van der Waals surface area contributed by atoms with Crippen LogP contribution in [0.5, 0.6) is 0 Å². The number of rotatable bonds is 14. The Labute approximate surface area is 163 Å². The van der Waals surface area contributed by atoms with E-state index in [1.165, 1.54) is 51.5 Å². The molecule has 1 unspecified atom stereocenters. The average molecular weight is 383 g/mol. The van der Waals surface area contributed by atoms with Crippen molar-refractivity contribution in [2.45, 2.75) is 104 Å². The lowest BCUT2D eigenvalue weighted by Crippen LogP contribution is -2.20. The zero-order valence-corrected chi connectivity index (χ0v) is 17.3. The molecule has 1 atom stereocenters. The highest BCUT2D eigenvalue weighted by molar-refractivity contribution is 5.90. The van der Waals surface area contributed by atoms with Crippen LogP contribution < -0.4 is 0 Å². The first-order chi connectivity index (χ1) is 13.0. The van der Waals surface area contributed by atoms with Crippen LogP contribution in [0, 0.1) is 18.6 Å². The summed E-state index contributed by atoms with van der Waals surface area (Å²) >= 11 is 0. The molecule has 0 aliphatic carbocycles. The first-order valence-corrected chi connectivity index (χ1v) is 10.7. The molecule has 0 amide bonds. The van der Waals surface area contributed by atoms with E-state index in [9.17, 15) is 13.6 Å². The van der Waals surface area contributed by atoms with Gasteiger partial charge in [0.25, 0.3) is 0 Å². The van der Waals surface area contributed by atoms with E-state index in [1.54, 1.807) is 0 Å². The molecule has 0 aliphatic rings. The molecule has 0 saturated heterocycles. The highest BCUT2D eigenvalue weighted by Gasteiger charge is 2.23. The predicted octanol–water partition coefficient (Wildman–Crippen LogP) is 7.52. The monoisotopic (exact) mass is 382 g/mol. The van der Waals surface area contributed by atoms with Crippen LogP contribution in [0.1, 0.15) is 107 Å². The lowest BCUT2D eigenvalue weighted by molar-refractivity contribution is 0.0239. The highest BCUT2D eigenvalue weighted by atomic mass is 19.1. The largest absolute Gasteiger partial charge is 0.459 e. The quantitative estimate of drug-likeness (QED) is 0.246. The third kappa shape index (κ3) is 8.85. The second kappa shape index (κ2) is 13.7. The van der Waals surface area contributed by atoms with Crippen molar-refractivity contribution in [2.24, 2.45) is 0 Å². The van der Waals surface area contributed by atoms with Gasteiger partial charge in [-0.1, -0.05) is 77.7 Å². The van der Waals surface area contributed by atoms with Gasteiger partial charge in [-0.3, -0.25) is 0 Å². The standard InChI is InChI=1S/C23H36F2O2/c1-4-6-8-9-10-11-12-13-15-19(14-7-5-2)27-23(26)21-20(24)17-16-18(3)22(21)25/h16-17,19H,4-15H2,1-3H3. The van der Waals surface area contributed by atoms with Crippen LogP contribution in [0.4, 0.5) is 8.78 Å². The fourth-order valence-corrected chi connectivity index (χ4v) is 3.25. The maximum absolute atomic E-state index is 14.2. The molecule has 1 rings (SSSR count). The highest BCUT2D eigenvalue weighted by Crippen LogP contribution is 2.21. The molecular weight excluding hydrogens is 346 g/mol. The van der Waals surface area contributed by atoms with Crippen LogP contribution in [0.15, 0.2) is 12.1 Å². The molecular formula is C23H36F2O2.